The molecule has 0 spiro atoms. The Morgan fingerprint density at radius 1 is 0.897 bits per heavy atom. The summed E-state index contributed by atoms with van der Waals surface area (Å²) in [4.78, 5) is 15.7. The number of hydrogen-bond acceptors (Lipinski definition) is 5. The first kappa shape index (κ1) is 27.9. The van der Waals surface area contributed by atoms with Crippen LogP contribution in [0, 0.1) is 0 Å². The third-order valence-electron chi connectivity index (χ3n) is 6.73. The molecule has 0 amide bonds. The minimum atomic E-state index is -0.977. The fourth-order valence-corrected chi connectivity index (χ4v) is 4.77. The van der Waals surface area contributed by atoms with Gasteiger partial charge in [0.15, 0.2) is 11.5 Å². The number of allylic oxidation sites excluding steroid dienone is 2. The van der Waals surface area contributed by atoms with Gasteiger partial charge in [0, 0.05) is 38.8 Å². The van der Waals surface area contributed by atoms with Crippen molar-refractivity contribution < 1.29 is 19.4 Å². The van der Waals surface area contributed by atoms with Gasteiger partial charge in [0.1, 0.15) is 0 Å². The maximum Gasteiger partial charge on any atom is 0.328 e. The molecule has 6 heteroatoms. The number of piperazine rings is 1. The Kier molecular flexibility index (Phi) is 10.5. The molecule has 1 heterocycles. The molecule has 1 N–H and O–H groups in total. The Hall–Kier alpha value is -4.13. The quantitative estimate of drug-likeness (QED) is 0.177. The lowest BCUT2D eigenvalue weighted by atomic mass is 9.96. The van der Waals surface area contributed by atoms with Crippen molar-refractivity contribution in [3.63, 3.8) is 0 Å². The summed E-state index contributed by atoms with van der Waals surface area (Å²) in [5.41, 5.74) is 3.57. The smallest absolute Gasteiger partial charge is 0.328 e. The molecule has 0 bridgehead atoms. The van der Waals surface area contributed by atoms with Crippen LogP contribution < -0.4 is 9.47 Å². The Morgan fingerprint density at radius 3 is 2.18 bits per heavy atom. The lowest BCUT2D eigenvalue weighted by Gasteiger charge is -2.39. The Balaban J connectivity index is 1.25. The molecule has 0 aliphatic carbocycles. The van der Waals surface area contributed by atoms with E-state index >= 15 is 0 Å². The molecular formula is C33H36N2O4. The summed E-state index contributed by atoms with van der Waals surface area (Å²) in [5, 5.41) is 8.66. The van der Waals surface area contributed by atoms with Gasteiger partial charge in [-0.05, 0) is 41.3 Å². The van der Waals surface area contributed by atoms with Gasteiger partial charge >= 0.3 is 5.97 Å². The molecule has 0 unspecified atom stereocenters. The number of hydrogen-bond donors (Lipinski definition) is 1. The van der Waals surface area contributed by atoms with Crippen LogP contribution in [0.3, 0.4) is 0 Å². The first-order valence-corrected chi connectivity index (χ1v) is 13.3. The van der Waals surface area contributed by atoms with E-state index in [4.69, 9.17) is 14.6 Å². The third kappa shape index (κ3) is 8.43. The predicted octanol–water partition coefficient (Wildman–Crippen LogP) is 6.04. The van der Waals surface area contributed by atoms with Crippen LogP contribution in [0.25, 0.3) is 6.08 Å². The first-order valence-electron chi connectivity index (χ1n) is 13.3. The molecule has 1 saturated heterocycles. The first-order chi connectivity index (χ1) is 19.1. The second kappa shape index (κ2) is 14.7. The SMILES string of the molecule is COc1cc(C=CC=CC(=O)O)ccc1O/C=C/CCN1CCN(C(c2ccccc2)c2ccccc2)CC1. The number of carboxylic acids is 1. The van der Waals surface area contributed by atoms with E-state index in [0.29, 0.717) is 11.5 Å². The molecule has 0 saturated carbocycles. The van der Waals surface area contributed by atoms with Gasteiger partial charge in [0.2, 0.25) is 0 Å². The molecule has 0 radical (unpaired) electrons. The van der Waals surface area contributed by atoms with E-state index in [9.17, 15) is 4.79 Å². The molecular weight excluding hydrogens is 488 g/mol. The van der Waals surface area contributed by atoms with Crippen LogP contribution in [0.2, 0.25) is 0 Å². The molecule has 3 aromatic rings. The Morgan fingerprint density at radius 2 is 1.56 bits per heavy atom. The standard InChI is InChI=1S/C33H36N2O4/c1-38-31-26-27(12-8-9-17-32(36)37)18-19-30(31)39-25-11-10-20-34-21-23-35(24-22-34)33(28-13-4-2-5-14-28)29-15-6-3-7-16-29/h2-9,11-19,25-26,33H,10,20-24H2,1H3,(H,36,37)/b12-8?,17-9?,25-11+. The number of benzene rings is 3. The molecule has 1 aliphatic heterocycles. The van der Waals surface area contributed by atoms with Crippen molar-refractivity contribution in [2.75, 3.05) is 39.8 Å². The number of nitrogens with zero attached hydrogens (tertiary/aromatic N) is 2. The van der Waals surface area contributed by atoms with Crippen molar-refractivity contribution in [1.82, 2.24) is 9.80 Å². The molecule has 0 aromatic heterocycles. The van der Waals surface area contributed by atoms with E-state index in [0.717, 1.165) is 50.8 Å². The fourth-order valence-electron chi connectivity index (χ4n) is 4.77. The summed E-state index contributed by atoms with van der Waals surface area (Å²) >= 11 is 0. The number of carbonyl (C=O) groups is 1. The zero-order valence-corrected chi connectivity index (χ0v) is 22.4. The van der Waals surface area contributed by atoms with E-state index < -0.39 is 5.97 Å². The average molecular weight is 525 g/mol. The van der Waals surface area contributed by atoms with Crippen molar-refractivity contribution in [2.24, 2.45) is 0 Å². The van der Waals surface area contributed by atoms with E-state index in [1.807, 2.05) is 30.4 Å². The number of aliphatic carboxylic acids is 1. The summed E-state index contributed by atoms with van der Waals surface area (Å²) < 4.78 is 11.3. The molecule has 202 valence electrons. The molecule has 1 aliphatic rings. The van der Waals surface area contributed by atoms with E-state index in [2.05, 4.69) is 70.5 Å². The van der Waals surface area contributed by atoms with Gasteiger partial charge in [-0.15, -0.1) is 0 Å². The largest absolute Gasteiger partial charge is 0.493 e. The highest BCUT2D eigenvalue weighted by atomic mass is 16.5. The lowest BCUT2D eigenvalue weighted by Crippen LogP contribution is -2.47. The summed E-state index contributed by atoms with van der Waals surface area (Å²) in [6.07, 6.45) is 10.7. The van der Waals surface area contributed by atoms with Crippen LogP contribution in [-0.4, -0.2) is 60.7 Å². The highest BCUT2D eigenvalue weighted by Gasteiger charge is 2.25. The van der Waals surface area contributed by atoms with Crippen LogP contribution in [0.1, 0.15) is 29.2 Å². The molecule has 4 rings (SSSR count). The maximum absolute atomic E-state index is 10.6. The minimum absolute atomic E-state index is 0.279. The zero-order valence-electron chi connectivity index (χ0n) is 22.4. The number of rotatable bonds is 12. The molecule has 0 atom stereocenters. The minimum Gasteiger partial charge on any atom is -0.493 e. The number of ether oxygens (including phenoxy) is 2. The summed E-state index contributed by atoms with van der Waals surface area (Å²) in [5.74, 6) is 0.273. The Labute approximate surface area is 231 Å². The summed E-state index contributed by atoms with van der Waals surface area (Å²) in [7, 11) is 1.60. The average Bonchev–Trinajstić information content (AvgIpc) is 2.97. The van der Waals surface area contributed by atoms with Gasteiger partial charge in [-0.25, -0.2) is 4.79 Å². The van der Waals surface area contributed by atoms with Crippen LogP contribution in [0.15, 0.2) is 109 Å². The monoisotopic (exact) mass is 524 g/mol. The van der Waals surface area contributed by atoms with Gasteiger partial charge in [0.25, 0.3) is 0 Å². The van der Waals surface area contributed by atoms with Crippen molar-refractivity contribution in [3.05, 3.63) is 126 Å². The van der Waals surface area contributed by atoms with Gasteiger partial charge in [-0.1, -0.05) is 85.0 Å². The van der Waals surface area contributed by atoms with Gasteiger partial charge in [0.05, 0.1) is 19.4 Å². The Bertz CT molecular complexity index is 1220. The second-order valence-electron chi connectivity index (χ2n) is 9.35. The van der Waals surface area contributed by atoms with E-state index in [1.54, 1.807) is 19.4 Å². The normalized spacial score (nSPS) is 15.0. The highest BCUT2D eigenvalue weighted by Crippen LogP contribution is 2.30. The fraction of sp³-hybridized carbons (Fsp3) is 0.242. The predicted molar refractivity (Wildman–Crippen MR) is 156 cm³/mol. The topological polar surface area (TPSA) is 62.2 Å². The van der Waals surface area contributed by atoms with Gasteiger partial charge < -0.3 is 19.5 Å². The third-order valence-corrected chi connectivity index (χ3v) is 6.73. The molecule has 6 nitrogen and oxygen atoms in total. The lowest BCUT2D eigenvalue weighted by molar-refractivity contribution is -0.131. The number of methoxy groups -OCH3 is 1. The van der Waals surface area contributed by atoms with E-state index in [1.165, 1.54) is 17.2 Å². The molecule has 3 aromatic carbocycles. The van der Waals surface area contributed by atoms with Crippen LogP contribution in [-0.2, 0) is 4.79 Å². The van der Waals surface area contributed by atoms with E-state index in [-0.39, 0.29) is 6.04 Å². The number of carboxylic acid groups (broad SMARTS) is 1. The van der Waals surface area contributed by atoms with Crippen molar-refractivity contribution in [3.8, 4) is 11.5 Å². The van der Waals surface area contributed by atoms with Crippen molar-refractivity contribution >= 4 is 12.0 Å². The van der Waals surface area contributed by atoms with Crippen LogP contribution in [0.5, 0.6) is 11.5 Å². The van der Waals surface area contributed by atoms with Gasteiger partial charge in [-0.3, -0.25) is 4.90 Å². The van der Waals surface area contributed by atoms with Crippen molar-refractivity contribution in [2.45, 2.75) is 12.5 Å². The molecule has 39 heavy (non-hydrogen) atoms. The highest BCUT2D eigenvalue weighted by molar-refractivity contribution is 5.80. The molecule has 1 fully saturated rings. The zero-order chi connectivity index (χ0) is 27.3. The summed E-state index contributed by atoms with van der Waals surface area (Å²) in [6.45, 7) is 5.11. The van der Waals surface area contributed by atoms with Crippen LogP contribution in [0.4, 0.5) is 0 Å². The van der Waals surface area contributed by atoms with Crippen molar-refractivity contribution in [1.29, 1.82) is 0 Å². The van der Waals surface area contributed by atoms with Crippen LogP contribution >= 0.6 is 0 Å². The second-order valence-corrected chi connectivity index (χ2v) is 9.35. The van der Waals surface area contributed by atoms with Gasteiger partial charge in [-0.2, -0.15) is 0 Å². The maximum atomic E-state index is 10.6. The summed E-state index contributed by atoms with van der Waals surface area (Å²) in [6, 6.07) is 27.4.